The fourth-order valence-corrected chi connectivity index (χ4v) is 3.75. The van der Waals surface area contributed by atoms with Gasteiger partial charge in [-0.25, -0.2) is 0 Å². The number of hydrogen-bond donors (Lipinski definition) is 2. The minimum Gasteiger partial charge on any atom is -0.366 e. The van der Waals surface area contributed by atoms with Gasteiger partial charge in [0.15, 0.2) is 0 Å². The van der Waals surface area contributed by atoms with Crippen LogP contribution >= 0.6 is 0 Å². The average molecular weight is 319 g/mol. The fraction of sp³-hybridized carbons (Fsp3) is 0.250. The van der Waals surface area contributed by atoms with Crippen LogP contribution in [0.5, 0.6) is 0 Å². The predicted octanol–water partition coefficient (Wildman–Crippen LogP) is 3.39. The number of fused-ring (bicyclic) bond motifs is 3. The molecule has 4 rings (SSSR count). The Bertz CT molecular complexity index is 912. The summed E-state index contributed by atoms with van der Waals surface area (Å²) in [7, 11) is 0. The lowest BCUT2D eigenvalue weighted by Crippen LogP contribution is -2.33. The number of carbonyl (C=O) groups is 1. The van der Waals surface area contributed by atoms with Crippen LogP contribution in [-0.4, -0.2) is 22.3 Å². The van der Waals surface area contributed by atoms with Crippen LogP contribution in [0.15, 0.2) is 48.5 Å². The molecular weight excluding hydrogens is 298 g/mol. The first-order chi connectivity index (χ1) is 11.6. The van der Waals surface area contributed by atoms with Crippen molar-refractivity contribution in [3.05, 3.63) is 70.9 Å². The predicted molar refractivity (Wildman–Crippen MR) is 95.8 cm³/mol. The highest BCUT2D eigenvalue weighted by atomic mass is 16.1. The third-order valence-electron chi connectivity index (χ3n) is 5.06. The van der Waals surface area contributed by atoms with Gasteiger partial charge in [0.2, 0.25) is 5.91 Å². The van der Waals surface area contributed by atoms with Crippen LogP contribution in [0, 0.1) is 0 Å². The molecule has 1 aliphatic heterocycles. The zero-order valence-corrected chi connectivity index (χ0v) is 13.8. The monoisotopic (exact) mass is 319 g/mol. The van der Waals surface area contributed by atoms with E-state index < -0.39 is 0 Å². The highest BCUT2D eigenvalue weighted by Gasteiger charge is 2.27. The molecule has 24 heavy (non-hydrogen) atoms. The number of primary amides is 1. The Morgan fingerprint density at radius 3 is 2.92 bits per heavy atom. The summed E-state index contributed by atoms with van der Waals surface area (Å²) in [5.74, 6) is -0.374. The van der Waals surface area contributed by atoms with Gasteiger partial charge in [0, 0.05) is 41.3 Å². The van der Waals surface area contributed by atoms with E-state index in [9.17, 15) is 4.79 Å². The number of para-hydroxylation sites is 1. The second-order valence-electron chi connectivity index (χ2n) is 6.52. The third kappa shape index (κ3) is 2.49. The topological polar surface area (TPSA) is 62.1 Å². The Morgan fingerprint density at radius 2 is 2.08 bits per heavy atom. The van der Waals surface area contributed by atoms with E-state index in [1.807, 2.05) is 12.1 Å². The smallest absolute Gasteiger partial charge is 0.248 e. The summed E-state index contributed by atoms with van der Waals surface area (Å²) in [4.78, 5) is 17.4. The summed E-state index contributed by atoms with van der Waals surface area (Å²) in [6.45, 7) is 4.07. The standard InChI is InChI=1S/C20H21N3O/c1-13-19-17(16-7-2-3-8-18(16)22-19)9-10-23(13)12-14-5-4-6-15(11-14)20(21)24/h2-8,11,13,22H,9-10,12H2,1H3,(H2,21,24)/t13-/m0/s1. The van der Waals surface area contributed by atoms with Crippen molar-refractivity contribution in [1.29, 1.82) is 0 Å². The highest BCUT2D eigenvalue weighted by molar-refractivity contribution is 5.92. The van der Waals surface area contributed by atoms with Gasteiger partial charge >= 0.3 is 0 Å². The van der Waals surface area contributed by atoms with E-state index in [2.05, 4.69) is 47.1 Å². The Morgan fingerprint density at radius 1 is 1.25 bits per heavy atom. The van der Waals surface area contributed by atoms with Crippen molar-refractivity contribution in [3.63, 3.8) is 0 Å². The fourth-order valence-electron chi connectivity index (χ4n) is 3.75. The molecule has 4 heteroatoms. The Balaban J connectivity index is 1.62. The van der Waals surface area contributed by atoms with E-state index in [1.54, 1.807) is 6.07 Å². The van der Waals surface area contributed by atoms with E-state index in [0.29, 0.717) is 11.6 Å². The van der Waals surface area contributed by atoms with Gasteiger partial charge in [-0.05, 0) is 42.7 Å². The lowest BCUT2D eigenvalue weighted by atomic mass is 9.97. The Kier molecular flexibility index (Phi) is 3.62. The summed E-state index contributed by atoms with van der Waals surface area (Å²) >= 11 is 0. The summed E-state index contributed by atoms with van der Waals surface area (Å²) in [5.41, 5.74) is 11.1. The van der Waals surface area contributed by atoms with Gasteiger partial charge in [-0.1, -0.05) is 30.3 Å². The number of carbonyl (C=O) groups excluding carboxylic acids is 1. The molecule has 2 heterocycles. The number of hydrogen-bond acceptors (Lipinski definition) is 2. The van der Waals surface area contributed by atoms with Gasteiger partial charge in [-0.2, -0.15) is 0 Å². The van der Waals surface area contributed by atoms with Crippen molar-refractivity contribution in [2.75, 3.05) is 6.54 Å². The van der Waals surface area contributed by atoms with Gasteiger partial charge in [0.1, 0.15) is 0 Å². The van der Waals surface area contributed by atoms with Crippen LogP contribution in [0.1, 0.15) is 40.1 Å². The lowest BCUT2D eigenvalue weighted by Gasteiger charge is -2.33. The number of nitrogens with zero attached hydrogens (tertiary/aromatic N) is 1. The Hall–Kier alpha value is -2.59. The van der Waals surface area contributed by atoms with E-state index in [-0.39, 0.29) is 5.91 Å². The first kappa shape index (κ1) is 15.0. The van der Waals surface area contributed by atoms with Crippen LogP contribution in [0.3, 0.4) is 0 Å². The molecule has 0 fully saturated rings. The molecule has 0 saturated heterocycles. The maximum atomic E-state index is 11.4. The number of aromatic nitrogens is 1. The van der Waals surface area contributed by atoms with Crippen molar-refractivity contribution in [2.24, 2.45) is 5.73 Å². The van der Waals surface area contributed by atoms with Crippen molar-refractivity contribution in [3.8, 4) is 0 Å². The van der Waals surface area contributed by atoms with Crippen molar-refractivity contribution >= 4 is 16.8 Å². The molecule has 0 unspecified atom stereocenters. The van der Waals surface area contributed by atoms with Gasteiger partial charge in [0.25, 0.3) is 0 Å². The van der Waals surface area contributed by atoms with Gasteiger partial charge < -0.3 is 10.7 Å². The van der Waals surface area contributed by atoms with Crippen LogP contribution < -0.4 is 5.73 Å². The van der Waals surface area contributed by atoms with Crippen LogP contribution in [0.2, 0.25) is 0 Å². The molecule has 1 aromatic heterocycles. The quantitative estimate of drug-likeness (QED) is 0.777. The number of amides is 1. The van der Waals surface area contributed by atoms with Gasteiger partial charge in [0.05, 0.1) is 0 Å². The molecule has 0 saturated carbocycles. The van der Waals surface area contributed by atoms with Crippen LogP contribution in [0.4, 0.5) is 0 Å². The zero-order chi connectivity index (χ0) is 16.7. The molecule has 2 aromatic carbocycles. The van der Waals surface area contributed by atoms with Crippen molar-refractivity contribution in [1.82, 2.24) is 9.88 Å². The van der Waals surface area contributed by atoms with Crippen molar-refractivity contribution in [2.45, 2.75) is 25.9 Å². The molecule has 1 atom stereocenters. The number of benzene rings is 2. The average Bonchev–Trinajstić information content (AvgIpc) is 2.97. The number of nitrogens with one attached hydrogen (secondary N) is 1. The maximum absolute atomic E-state index is 11.4. The number of nitrogens with two attached hydrogens (primary N) is 1. The molecule has 1 amide bonds. The minimum atomic E-state index is -0.374. The summed E-state index contributed by atoms with van der Waals surface area (Å²) in [5, 5.41) is 1.34. The molecule has 0 radical (unpaired) electrons. The van der Waals surface area contributed by atoms with E-state index in [0.717, 1.165) is 25.1 Å². The van der Waals surface area contributed by atoms with Crippen LogP contribution in [0.25, 0.3) is 10.9 Å². The van der Waals surface area contributed by atoms with E-state index in [1.165, 1.54) is 22.2 Å². The molecule has 4 nitrogen and oxygen atoms in total. The minimum absolute atomic E-state index is 0.318. The molecule has 0 aliphatic carbocycles. The van der Waals surface area contributed by atoms with Gasteiger partial charge in [-0.3, -0.25) is 9.69 Å². The van der Waals surface area contributed by atoms with Crippen molar-refractivity contribution < 1.29 is 4.79 Å². The zero-order valence-electron chi connectivity index (χ0n) is 13.8. The molecule has 3 N–H and O–H groups in total. The highest BCUT2D eigenvalue weighted by Crippen LogP contribution is 2.34. The molecule has 0 spiro atoms. The molecule has 1 aliphatic rings. The molecule has 0 bridgehead atoms. The molecule has 122 valence electrons. The van der Waals surface area contributed by atoms with E-state index in [4.69, 9.17) is 5.73 Å². The first-order valence-corrected chi connectivity index (χ1v) is 8.36. The van der Waals surface area contributed by atoms with Gasteiger partial charge in [-0.15, -0.1) is 0 Å². The summed E-state index contributed by atoms with van der Waals surface area (Å²) in [6.07, 6.45) is 1.04. The largest absolute Gasteiger partial charge is 0.366 e. The Labute approximate surface area is 141 Å². The van der Waals surface area contributed by atoms with Crippen LogP contribution in [-0.2, 0) is 13.0 Å². The number of rotatable bonds is 3. The molecule has 3 aromatic rings. The second-order valence-corrected chi connectivity index (χ2v) is 6.52. The first-order valence-electron chi connectivity index (χ1n) is 8.36. The SMILES string of the molecule is C[C@H]1c2[nH]c3ccccc3c2CCN1Cc1cccc(C(N)=O)c1. The number of H-pyrrole nitrogens is 1. The third-order valence-corrected chi connectivity index (χ3v) is 5.06. The second kappa shape index (κ2) is 5.80. The maximum Gasteiger partial charge on any atom is 0.248 e. The lowest BCUT2D eigenvalue weighted by molar-refractivity contribution is 0.1000. The number of aromatic amines is 1. The summed E-state index contributed by atoms with van der Waals surface area (Å²) < 4.78 is 0. The normalized spacial score (nSPS) is 17.8. The van der Waals surface area contributed by atoms with E-state index >= 15 is 0 Å². The molecular formula is C20H21N3O. The summed E-state index contributed by atoms with van der Waals surface area (Å²) in [6, 6.07) is 16.4.